The molecule has 1 heterocycles. The maximum Gasteiger partial charge on any atom is 0.164 e. The molecule has 1 aliphatic rings. The van der Waals surface area contributed by atoms with Gasteiger partial charge < -0.3 is 10.2 Å². The van der Waals surface area contributed by atoms with Crippen LogP contribution < -0.4 is 5.32 Å². The number of hydrogen-bond acceptors (Lipinski definition) is 3. The number of piperidine rings is 1. The van der Waals surface area contributed by atoms with Crippen LogP contribution in [0.5, 0.6) is 0 Å². The number of para-hydroxylation sites is 1. The van der Waals surface area contributed by atoms with E-state index in [0.717, 1.165) is 37.2 Å². The number of anilines is 1. The molecule has 0 spiro atoms. The normalized spacial score (nSPS) is 15.5. The summed E-state index contributed by atoms with van der Waals surface area (Å²) in [5.41, 5.74) is 1.87. The Morgan fingerprint density at radius 2 is 1.87 bits per heavy atom. The molecule has 1 fully saturated rings. The fourth-order valence-electron chi connectivity index (χ4n) is 3.26. The summed E-state index contributed by atoms with van der Waals surface area (Å²) in [6.45, 7) is 6.65. The minimum Gasteiger partial charge on any atom is -0.384 e. The lowest BCUT2D eigenvalue weighted by Crippen LogP contribution is -2.30. The van der Waals surface area contributed by atoms with Crippen LogP contribution in [0.2, 0.25) is 0 Å². The molecule has 3 nitrogen and oxygen atoms in total. The van der Waals surface area contributed by atoms with Gasteiger partial charge in [0.15, 0.2) is 5.78 Å². The molecule has 0 aromatic heterocycles. The molecule has 1 saturated heterocycles. The predicted molar refractivity (Wildman–Crippen MR) is 98.3 cm³/mol. The van der Waals surface area contributed by atoms with E-state index in [-0.39, 0.29) is 5.78 Å². The first-order valence-electron chi connectivity index (χ1n) is 9.39. The van der Waals surface area contributed by atoms with Crippen LogP contribution in [0, 0.1) is 0 Å². The van der Waals surface area contributed by atoms with Crippen LogP contribution in [-0.4, -0.2) is 36.9 Å². The van der Waals surface area contributed by atoms with E-state index in [1.54, 1.807) is 0 Å². The zero-order chi connectivity index (χ0) is 16.3. The van der Waals surface area contributed by atoms with Crippen LogP contribution in [0.25, 0.3) is 0 Å². The number of ketones is 1. The number of rotatable bonds is 10. The Bertz CT molecular complexity index is 466. The zero-order valence-corrected chi connectivity index (χ0v) is 14.7. The van der Waals surface area contributed by atoms with Crippen molar-refractivity contribution in [1.29, 1.82) is 0 Å². The van der Waals surface area contributed by atoms with Crippen LogP contribution in [0.3, 0.4) is 0 Å². The van der Waals surface area contributed by atoms with E-state index in [1.807, 2.05) is 24.3 Å². The number of carbonyl (C=O) groups is 1. The first kappa shape index (κ1) is 18.0. The number of likely N-dealkylation sites (tertiary alicyclic amines) is 1. The number of nitrogens with one attached hydrogen (secondary N) is 1. The van der Waals surface area contributed by atoms with Gasteiger partial charge in [-0.15, -0.1) is 0 Å². The quantitative estimate of drug-likeness (QED) is 0.500. The molecule has 23 heavy (non-hydrogen) atoms. The number of hydrogen-bond donors (Lipinski definition) is 1. The molecule has 3 heteroatoms. The van der Waals surface area contributed by atoms with Crippen LogP contribution in [-0.2, 0) is 0 Å². The molecule has 1 aromatic carbocycles. The summed E-state index contributed by atoms with van der Waals surface area (Å²) in [5, 5.41) is 3.44. The van der Waals surface area contributed by atoms with E-state index in [9.17, 15) is 4.79 Å². The van der Waals surface area contributed by atoms with Crippen molar-refractivity contribution < 1.29 is 4.79 Å². The van der Waals surface area contributed by atoms with Gasteiger partial charge in [0.05, 0.1) is 0 Å². The van der Waals surface area contributed by atoms with Crippen LogP contribution in [0.1, 0.15) is 68.6 Å². The van der Waals surface area contributed by atoms with E-state index >= 15 is 0 Å². The molecule has 0 bridgehead atoms. The second kappa shape index (κ2) is 10.4. The third kappa shape index (κ3) is 6.34. The van der Waals surface area contributed by atoms with Crippen molar-refractivity contribution in [2.24, 2.45) is 0 Å². The molecular weight excluding hydrogens is 284 g/mol. The van der Waals surface area contributed by atoms with Crippen molar-refractivity contribution in [3.63, 3.8) is 0 Å². The summed E-state index contributed by atoms with van der Waals surface area (Å²) in [6.07, 6.45) is 9.25. The van der Waals surface area contributed by atoms with Gasteiger partial charge >= 0.3 is 0 Å². The molecule has 128 valence electrons. The Labute approximate surface area is 141 Å². The second-order valence-electron chi connectivity index (χ2n) is 6.61. The first-order valence-corrected chi connectivity index (χ1v) is 9.39. The summed E-state index contributed by atoms with van der Waals surface area (Å²) in [6, 6.07) is 7.97. The van der Waals surface area contributed by atoms with Crippen molar-refractivity contribution in [2.75, 3.05) is 31.5 Å². The summed E-state index contributed by atoms with van der Waals surface area (Å²) in [5.74, 6) is 0.278. The van der Waals surface area contributed by atoms with E-state index in [0.29, 0.717) is 6.42 Å². The highest BCUT2D eigenvalue weighted by molar-refractivity contribution is 6.01. The molecule has 1 aliphatic heterocycles. The molecule has 0 aliphatic carbocycles. The molecule has 1 N–H and O–H groups in total. The highest BCUT2D eigenvalue weighted by atomic mass is 16.1. The molecule has 0 atom stereocenters. The minimum absolute atomic E-state index is 0.278. The van der Waals surface area contributed by atoms with Gasteiger partial charge in [0, 0.05) is 24.2 Å². The van der Waals surface area contributed by atoms with Crippen molar-refractivity contribution in [3.05, 3.63) is 29.8 Å². The number of unbranched alkanes of at least 4 members (excludes halogenated alkanes) is 2. The number of carbonyl (C=O) groups excluding carboxylic acids is 1. The molecule has 1 aromatic rings. The van der Waals surface area contributed by atoms with Crippen molar-refractivity contribution in [1.82, 2.24) is 4.90 Å². The Morgan fingerprint density at radius 3 is 2.65 bits per heavy atom. The summed E-state index contributed by atoms with van der Waals surface area (Å²) in [7, 11) is 0. The average molecular weight is 316 g/mol. The Balaban J connectivity index is 1.78. The predicted octanol–water partition coefficient (Wildman–Crippen LogP) is 4.74. The van der Waals surface area contributed by atoms with Gasteiger partial charge in [-0.1, -0.05) is 38.3 Å². The fourth-order valence-corrected chi connectivity index (χ4v) is 3.26. The lowest BCUT2D eigenvalue weighted by atomic mass is 10.0. The summed E-state index contributed by atoms with van der Waals surface area (Å²) >= 11 is 0. The highest BCUT2D eigenvalue weighted by Crippen LogP contribution is 2.18. The first-order chi connectivity index (χ1) is 11.3. The van der Waals surface area contributed by atoms with Gasteiger partial charge in [0.25, 0.3) is 0 Å². The van der Waals surface area contributed by atoms with E-state index in [4.69, 9.17) is 0 Å². The molecule has 2 rings (SSSR count). The average Bonchev–Trinajstić information content (AvgIpc) is 2.60. The fraction of sp³-hybridized carbons (Fsp3) is 0.650. The van der Waals surface area contributed by atoms with E-state index < -0.39 is 0 Å². The number of benzene rings is 1. The van der Waals surface area contributed by atoms with E-state index in [1.165, 1.54) is 45.2 Å². The van der Waals surface area contributed by atoms with Gasteiger partial charge in [-0.25, -0.2) is 0 Å². The van der Waals surface area contributed by atoms with Crippen molar-refractivity contribution in [3.8, 4) is 0 Å². The maximum atomic E-state index is 12.5. The monoisotopic (exact) mass is 316 g/mol. The largest absolute Gasteiger partial charge is 0.384 e. The Morgan fingerprint density at radius 1 is 1.09 bits per heavy atom. The molecule has 0 saturated carbocycles. The lowest BCUT2D eigenvalue weighted by Gasteiger charge is -2.26. The van der Waals surface area contributed by atoms with Crippen molar-refractivity contribution >= 4 is 11.5 Å². The van der Waals surface area contributed by atoms with E-state index in [2.05, 4.69) is 17.1 Å². The second-order valence-corrected chi connectivity index (χ2v) is 6.61. The topological polar surface area (TPSA) is 32.3 Å². The van der Waals surface area contributed by atoms with Crippen LogP contribution in [0.4, 0.5) is 5.69 Å². The third-order valence-electron chi connectivity index (χ3n) is 4.65. The van der Waals surface area contributed by atoms with Gasteiger partial charge in [0.1, 0.15) is 0 Å². The highest BCUT2D eigenvalue weighted by Gasteiger charge is 2.13. The van der Waals surface area contributed by atoms with Crippen LogP contribution in [0.15, 0.2) is 24.3 Å². The number of Topliss-reactive ketones (excluding diaryl/α,β-unsaturated/α-hetero) is 1. The van der Waals surface area contributed by atoms with Gasteiger partial charge in [-0.2, -0.15) is 0 Å². The molecular formula is C20H32N2O. The maximum absolute atomic E-state index is 12.5. The summed E-state index contributed by atoms with van der Waals surface area (Å²) in [4.78, 5) is 15.0. The Hall–Kier alpha value is -1.35. The lowest BCUT2D eigenvalue weighted by molar-refractivity contribution is 0.0973. The standard InChI is InChI=1S/C20H32N2O/c1-2-3-7-14-21-19-12-6-5-11-18(19)20(23)13-10-17-22-15-8-4-9-16-22/h5-6,11-12,21H,2-4,7-10,13-17H2,1H3. The minimum atomic E-state index is 0.278. The molecule has 0 amide bonds. The van der Waals surface area contributed by atoms with Gasteiger partial charge in [0.2, 0.25) is 0 Å². The van der Waals surface area contributed by atoms with Gasteiger partial charge in [-0.05, 0) is 57.5 Å². The third-order valence-corrected chi connectivity index (χ3v) is 4.65. The Kier molecular flexibility index (Phi) is 8.16. The van der Waals surface area contributed by atoms with Gasteiger partial charge in [-0.3, -0.25) is 4.79 Å². The number of nitrogens with zero attached hydrogens (tertiary/aromatic N) is 1. The smallest absolute Gasteiger partial charge is 0.164 e. The van der Waals surface area contributed by atoms with Crippen LogP contribution >= 0.6 is 0 Å². The zero-order valence-electron chi connectivity index (χ0n) is 14.7. The van der Waals surface area contributed by atoms with Crippen molar-refractivity contribution in [2.45, 2.75) is 58.3 Å². The molecule has 0 radical (unpaired) electrons. The molecule has 0 unspecified atom stereocenters. The SMILES string of the molecule is CCCCCNc1ccccc1C(=O)CCCN1CCCCC1. The summed E-state index contributed by atoms with van der Waals surface area (Å²) < 4.78 is 0.